The summed E-state index contributed by atoms with van der Waals surface area (Å²) in [6.07, 6.45) is 0. The molecule has 1 heterocycles. The van der Waals surface area contributed by atoms with Gasteiger partial charge < -0.3 is 14.7 Å². The van der Waals surface area contributed by atoms with Crippen LogP contribution in [-0.4, -0.2) is 35.1 Å². The summed E-state index contributed by atoms with van der Waals surface area (Å²) in [5.41, 5.74) is 2.13. The van der Waals surface area contributed by atoms with Crippen LogP contribution in [0.2, 0.25) is 0 Å². The predicted octanol–water partition coefficient (Wildman–Crippen LogP) is 2.44. The molecule has 0 amide bonds. The van der Waals surface area contributed by atoms with Gasteiger partial charge in [-0.15, -0.1) is 0 Å². The van der Waals surface area contributed by atoms with Crippen LogP contribution in [0, 0.1) is 13.8 Å². The smallest absolute Gasteiger partial charge is 0.354 e. The lowest BCUT2D eigenvalue weighted by atomic mass is 10.1. The van der Waals surface area contributed by atoms with Gasteiger partial charge in [0.05, 0.1) is 0 Å². The highest BCUT2D eigenvalue weighted by molar-refractivity contribution is 5.86. The maximum absolute atomic E-state index is 11.1. The number of carbonyl (C=O) groups is 1. The van der Waals surface area contributed by atoms with Crippen molar-refractivity contribution >= 4 is 11.8 Å². The SMILES string of the molecule is Cc1ccc(OCc2nc(C(=O)O)cc(N(C)C)n2)c(C)c1. The molecular formula is C16H19N3O3. The second-order valence-electron chi connectivity index (χ2n) is 5.28. The number of rotatable bonds is 5. The number of nitrogens with zero attached hydrogens (tertiary/aromatic N) is 3. The summed E-state index contributed by atoms with van der Waals surface area (Å²) in [5.74, 6) is 0.523. The number of carboxylic acids is 1. The third-order valence-electron chi connectivity index (χ3n) is 3.12. The number of hydrogen-bond donors (Lipinski definition) is 1. The number of aromatic nitrogens is 2. The topological polar surface area (TPSA) is 75.6 Å². The highest BCUT2D eigenvalue weighted by atomic mass is 16.5. The summed E-state index contributed by atoms with van der Waals surface area (Å²) in [6, 6.07) is 7.30. The Morgan fingerprint density at radius 3 is 2.55 bits per heavy atom. The molecule has 0 spiro atoms. The molecule has 6 heteroatoms. The first-order chi connectivity index (χ1) is 10.4. The Morgan fingerprint density at radius 2 is 1.95 bits per heavy atom. The van der Waals surface area contributed by atoms with Gasteiger partial charge in [-0.25, -0.2) is 14.8 Å². The molecule has 1 N–H and O–H groups in total. The van der Waals surface area contributed by atoms with Gasteiger partial charge in [0.1, 0.15) is 18.2 Å². The van der Waals surface area contributed by atoms with Crippen LogP contribution >= 0.6 is 0 Å². The third kappa shape index (κ3) is 3.72. The lowest BCUT2D eigenvalue weighted by Crippen LogP contribution is -2.16. The minimum Gasteiger partial charge on any atom is -0.485 e. The molecule has 0 aliphatic carbocycles. The highest BCUT2D eigenvalue weighted by Gasteiger charge is 2.12. The third-order valence-corrected chi connectivity index (χ3v) is 3.12. The van der Waals surface area contributed by atoms with Crippen LogP contribution in [0.1, 0.15) is 27.4 Å². The Bertz CT molecular complexity index is 699. The number of ether oxygens (including phenoxy) is 1. The monoisotopic (exact) mass is 301 g/mol. The van der Waals surface area contributed by atoms with Crippen LogP contribution in [-0.2, 0) is 6.61 Å². The molecule has 0 radical (unpaired) electrons. The summed E-state index contributed by atoms with van der Waals surface area (Å²) in [6.45, 7) is 4.09. The molecule has 0 bridgehead atoms. The van der Waals surface area contributed by atoms with Crippen LogP contribution in [0.15, 0.2) is 24.3 Å². The molecule has 0 aliphatic rings. The van der Waals surface area contributed by atoms with E-state index < -0.39 is 5.97 Å². The van der Waals surface area contributed by atoms with Crippen molar-refractivity contribution < 1.29 is 14.6 Å². The summed E-state index contributed by atoms with van der Waals surface area (Å²) >= 11 is 0. The van der Waals surface area contributed by atoms with Gasteiger partial charge in [0, 0.05) is 20.2 Å². The van der Waals surface area contributed by atoms with Gasteiger partial charge in [-0.1, -0.05) is 17.7 Å². The Kier molecular flexibility index (Phi) is 4.60. The fourth-order valence-electron chi connectivity index (χ4n) is 1.99. The lowest BCUT2D eigenvalue weighted by molar-refractivity contribution is 0.0689. The van der Waals surface area contributed by atoms with E-state index in [0.717, 1.165) is 16.9 Å². The summed E-state index contributed by atoms with van der Waals surface area (Å²) in [4.78, 5) is 21.2. The number of hydrogen-bond acceptors (Lipinski definition) is 5. The van der Waals surface area contributed by atoms with Crippen molar-refractivity contribution in [1.82, 2.24) is 9.97 Å². The van der Waals surface area contributed by atoms with E-state index in [2.05, 4.69) is 9.97 Å². The van der Waals surface area contributed by atoms with Gasteiger partial charge in [0.15, 0.2) is 11.5 Å². The molecule has 22 heavy (non-hydrogen) atoms. The Hall–Kier alpha value is -2.63. The molecule has 0 saturated carbocycles. The average molecular weight is 301 g/mol. The summed E-state index contributed by atoms with van der Waals surface area (Å²) in [5, 5.41) is 9.13. The minimum absolute atomic E-state index is 0.0436. The van der Waals surface area contributed by atoms with Crippen molar-refractivity contribution in [2.75, 3.05) is 19.0 Å². The van der Waals surface area contributed by atoms with Crippen LogP contribution in [0.25, 0.3) is 0 Å². The Labute approximate surface area is 129 Å². The van der Waals surface area contributed by atoms with E-state index in [-0.39, 0.29) is 12.3 Å². The quantitative estimate of drug-likeness (QED) is 0.914. The number of aryl methyl sites for hydroxylation is 2. The molecule has 0 saturated heterocycles. The molecule has 0 unspecified atom stereocenters. The molecule has 116 valence electrons. The van der Waals surface area contributed by atoms with Crippen LogP contribution in [0.3, 0.4) is 0 Å². The maximum atomic E-state index is 11.1. The largest absolute Gasteiger partial charge is 0.485 e. The van der Waals surface area contributed by atoms with Gasteiger partial charge in [-0.3, -0.25) is 0 Å². The molecule has 1 aromatic carbocycles. The number of benzene rings is 1. The maximum Gasteiger partial charge on any atom is 0.354 e. The Morgan fingerprint density at radius 1 is 1.23 bits per heavy atom. The molecule has 1 aromatic heterocycles. The first-order valence-electron chi connectivity index (χ1n) is 6.85. The second-order valence-corrected chi connectivity index (χ2v) is 5.28. The van der Waals surface area contributed by atoms with Crippen molar-refractivity contribution in [2.45, 2.75) is 20.5 Å². The zero-order chi connectivity index (χ0) is 16.3. The van der Waals surface area contributed by atoms with Crippen molar-refractivity contribution in [3.8, 4) is 5.75 Å². The van der Waals surface area contributed by atoms with E-state index in [1.165, 1.54) is 6.07 Å². The van der Waals surface area contributed by atoms with Crippen molar-refractivity contribution in [3.63, 3.8) is 0 Å². The second kappa shape index (κ2) is 6.43. The van der Waals surface area contributed by atoms with Crippen molar-refractivity contribution in [2.24, 2.45) is 0 Å². The van der Waals surface area contributed by atoms with Gasteiger partial charge >= 0.3 is 5.97 Å². The van der Waals surface area contributed by atoms with Gasteiger partial charge in [0.25, 0.3) is 0 Å². The Balaban J connectivity index is 2.23. The van der Waals surface area contributed by atoms with Gasteiger partial charge in [-0.05, 0) is 25.5 Å². The molecule has 0 atom stereocenters. The number of aromatic carboxylic acids is 1. The standard InChI is InChI=1S/C16H19N3O3/c1-10-5-6-13(11(2)7-10)22-9-14-17-12(16(20)21)8-15(18-14)19(3)4/h5-8H,9H2,1-4H3,(H,20,21). The zero-order valence-corrected chi connectivity index (χ0v) is 13.1. The lowest BCUT2D eigenvalue weighted by Gasteiger charge is -2.14. The molecular weight excluding hydrogens is 282 g/mol. The number of anilines is 1. The van der Waals surface area contributed by atoms with Crippen LogP contribution in [0.4, 0.5) is 5.82 Å². The number of carboxylic acid groups (broad SMARTS) is 1. The molecule has 6 nitrogen and oxygen atoms in total. The highest BCUT2D eigenvalue weighted by Crippen LogP contribution is 2.20. The first-order valence-corrected chi connectivity index (χ1v) is 6.85. The summed E-state index contributed by atoms with van der Waals surface area (Å²) in [7, 11) is 3.59. The zero-order valence-electron chi connectivity index (χ0n) is 13.1. The summed E-state index contributed by atoms with van der Waals surface area (Å²) < 4.78 is 5.71. The molecule has 0 aliphatic heterocycles. The molecule has 0 fully saturated rings. The van der Waals surface area contributed by atoms with Gasteiger partial charge in [-0.2, -0.15) is 0 Å². The predicted molar refractivity (Wildman–Crippen MR) is 83.6 cm³/mol. The van der Waals surface area contributed by atoms with E-state index in [1.54, 1.807) is 19.0 Å². The van der Waals surface area contributed by atoms with Gasteiger partial charge in [0.2, 0.25) is 0 Å². The van der Waals surface area contributed by atoms with E-state index in [9.17, 15) is 4.79 Å². The van der Waals surface area contributed by atoms with Crippen molar-refractivity contribution in [1.29, 1.82) is 0 Å². The van der Waals surface area contributed by atoms with E-state index in [0.29, 0.717) is 11.6 Å². The van der Waals surface area contributed by atoms with Crippen LogP contribution in [0.5, 0.6) is 5.75 Å². The van der Waals surface area contributed by atoms with E-state index in [4.69, 9.17) is 9.84 Å². The van der Waals surface area contributed by atoms with E-state index in [1.807, 2.05) is 32.0 Å². The normalized spacial score (nSPS) is 10.4. The van der Waals surface area contributed by atoms with Crippen molar-refractivity contribution in [3.05, 3.63) is 46.9 Å². The molecule has 2 aromatic rings. The van der Waals surface area contributed by atoms with Crippen LogP contribution < -0.4 is 9.64 Å². The first kappa shape index (κ1) is 15.8. The average Bonchev–Trinajstić information content (AvgIpc) is 2.46. The minimum atomic E-state index is -1.08. The fraction of sp³-hybridized carbons (Fsp3) is 0.312. The van der Waals surface area contributed by atoms with E-state index >= 15 is 0 Å². The fourth-order valence-corrected chi connectivity index (χ4v) is 1.99. The molecule has 2 rings (SSSR count).